The molecule has 6 nitrogen and oxygen atoms in total. The van der Waals surface area contributed by atoms with E-state index in [9.17, 15) is 8.42 Å². The molecule has 10 heavy (non-hydrogen) atoms. The molecule has 0 saturated carbocycles. The van der Waals surface area contributed by atoms with Crippen LogP contribution in [0.5, 0.6) is 0 Å². The first kappa shape index (κ1) is 9.47. The maximum absolute atomic E-state index is 10.5. The maximum atomic E-state index is 10.5. The summed E-state index contributed by atoms with van der Waals surface area (Å²) in [6.07, 6.45) is 0. The molecule has 1 unspecified atom stereocenters. The van der Waals surface area contributed by atoms with Gasteiger partial charge in [0.1, 0.15) is 0 Å². The molecule has 1 atom stereocenters. The minimum absolute atomic E-state index is 1.16. The predicted octanol–water partition coefficient (Wildman–Crippen LogP) is -1.01. The van der Waals surface area contributed by atoms with Crippen molar-refractivity contribution in [3.8, 4) is 0 Å². The van der Waals surface area contributed by atoms with Gasteiger partial charge in [-0.2, -0.15) is 10.2 Å². The van der Waals surface area contributed by atoms with Crippen molar-refractivity contribution in [2.24, 2.45) is 21.1 Å². The second-order valence-corrected chi connectivity index (χ2v) is 3.82. The second kappa shape index (κ2) is 2.60. The van der Waals surface area contributed by atoms with Crippen molar-refractivity contribution in [3.05, 3.63) is 0 Å². The molecule has 60 valence electrons. The largest absolute Gasteiger partial charge is 0.292 e. The van der Waals surface area contributed by atoms with Crippen LogP contribution in [-0.2, 0) is 10.0 Å². The first-order valence-corrected chi connectivity index (χ1v) is 3.98. The Hall–Kier alpha value is -0.530. The van der Waals surface area contributed by atoms with E-state index in [1.807, 2.05) is 0 Å². The van der Waals surface area contributed by atoms with Gasteiger partial charge in [0.2, 0.25) is 15.0 Å². The second-order valence-electron chi connectivity index (χ2n) is 1.90. The zero-order valence-corrected chi connectivity index (χ0v) is 6.59. The third-order valence-electron chi connectivity index (χ3n) is 0.875. The minimum atomic E-state index is -3.85. The summed E-state index contributed by atoms with van der Waals surface area (Å²) in [6.45, 7) is 1.16. The lowest BCUT2D eigenvalue weighted by Crippen LogP contribution is -2.46. The van der Waals surface area contributed by atoms with Crippen molar-refractivity contribution >= 4 is 10.0 Å². The average molecular weight is 166 g/mol. The van der Waals surface area contributed by atoms with Gasteiger partial charge in [-0.1, -0.05) is 0 Å². The van der Waals surface area contributed by atoms with Crippen LogP contribution < -0.4 is 10.9 Å². The van der Waals surface area contributed by atoms with E-state index in [1.54, 1.807) is 0 Å². The van der Waals surface area contributed by atoms with Gasteiger partial charge in [-0.15, -0.1) is 0 Å². The van der Waals surface area contributed by atoms with E-state index in [0.717, 1.165) is 6.92 Å². The predicted molar refractivity (Wildman–Crippen MR) is 36.5 cm³/mol. The summed E-state index contributed by atoms with van der Waals surface area (Å²) < 4.78 is 21.1. The Balaban J connectivity index is 4.76. The highest BCUT2D eigenvalue weighted by atomic mass is 32.2. The normalized spacial score (nSPS) is 19.2. The van der Waals surface area contributed by atoms with Crippen molar-refractivity contribution in [1.82, 2.24) is 0 Å². The molecule has 0 saturated heterocycles. The maximum Gasteiger partial charge on any atom is 0.250 e. The monoisotopic (exact) mass is 166 g/mol. The van der Waals surface area contributed by atoms with E-state index in [0.29, 0.717) is 0 Å². The molecule has 0 aliphatic rings. The summed E-state index contributed by atoms with van der Waals surface area (Å²) in [5, 5.41) is 11.1. The van der Waals surface area contributed by atoms with Gasteiger partial charge in [0.25, 0.3) is 0 Å². The number of sulfonamides is 1. The Morgan fingerprint density at radius 2 is 1.90 bits per heavy atom. The molecule has 0 amide bonds. The molecule has 0 rings (SSSR count). The van der Waals surface area contributed by atoms with E-state index in [1.165, 1.54) is 7.05 Å². The van der Waals surface area contributed by atoms with Crippen molar-refractivity contribution in [2.75, 3.05) is 7.05 Å². The molecular formula is C3H10N4O2S. The first-order chi connectivity index (χ1) is 4.31. The molecule has 0 spiro atoms. The lowest BCUT2D eigenvalue weighted by atomic mass is 10.6. The fourth-order valence-electron chi connectivity index (χ4n) is 0.255. The van der Waals surface area contributed by atoms with Crippen molar-refractivity contribution in [2.45, 2.75) is 11.9 Å². The zero-order valence-electron chi connectivity index (χ0n) is 5.77. The summed E-state index contributed by atoms with van der Waals surface area (Å²) in [6, 6.07) is 0. The molecule has 0 heterocycles. The molecule has 0 aliphatic heterocycles. The summed E-state index contributed by atoms with van der Waals surface area (Å²) in [5.41, 5.74) is 5.13. The molecule has 0 aromatic heterocycles. The summed E-state index contributed by atoms with van der Waals surface area (Å²) in [7, 11) is -2.53. The third kappa shape index (κ3) is 2.01. The van der Waals surface area contributed by atoms with E-state index >= 15 is 0 Å². The van der Waals surface area contributed by atoms with Crippen LogP contribution in [0.15, 0.2) is 10.2 Å². The SMILES string of the molecule is C/N=N\C(C)(N)S(N)(=O)=O. The van der Waals surface area contributed by atoms with Gasteiger partial charge in [0.05, 0.1) is 0 Å². The lowest BCUT2D eigenvalue weighted by Gasteiger charge is -2.13. The van der Waals surface area contributed by atoms with E-state index < -0.39 is 15.0 Å². The van der Waals surface area contributed by atoms with Crippen LogP contribution in [0.25, 0.3) is 0 Å². The van der Waals surface area contributed by atoms with Gasteiger partial charge >= 0.3 is 0 Å². The standard InChI is InChI=1S/C3H10N4O2S/c1-3(4,7-6-2)10(5,8)9/h4H2,1-2H3,(H2,5,8,9)/b7-6-. The van der Waals surface area contributed by atoms with Crippen LogP contribution in [0.3, 0.4) is 0 Å². The summed E-state index contributed by atoms with van der Waals surface area (Å²) >= 11 is 0. The quantitative estimate of drug-likeness (QED) is 0.512. The highest BCUT2D eigenvalue weighted by Crippen LogP contribution is 2.06. The van der Waals surface area contributed by atoms with Crippen LogP contribution >= 0.6 is 0 Å². The Kier molecular flexibility index (Phi) is 2.47. The molecule has 0 aromatic rings. The number of hydrogen-bond donors (Lipinski definition) is 2. The fourth-order valence-corrected chi connectivity index (χ4v) is 0.451. The lowest BCUT2D eigenvalue weighted by molar-refractivity contribution is 0.535. The van der Waals surface area contributed by atoms with Crippen LogP contribution in [0.2, 0.25) is 0 Å². The highest BCUT2D eigenvalue weighted by molar-refractivity contribution is 7.90. The van der Waals surface area contributed by atoms with Crippen LogP contribution in [0, 0.1) is 0 Å². The van der Waals surface area contributed by atoms with E-state index in [2.05, 4.69) is 10.2 Å². The van der Waals surface area contributed by atoms with Gasteiger partial charge in [0, 0.05) is 7.05 Å². The molecule has 0 fully saturated rings. The Morgan fingerprint density at radius 1 is 1.50 bits per heavy atom. The van der Waals surface area contributed by atoms with Crippen LogP contribution in [0.1, 0.15) is 6.92 Å². The molecular weight excluding hydrogens is 156 g/mol. The third-order valence-corrected chi connectivity index (χ3v) is 2.11. The smallest absolute Gasteiger partial charge is 0.250 e. The van der Waals surface area contributed by atoms with E-state index in [4.69, 9.17) is 10.9 Å². The van der Waals surface area contributed by atoms with Crippen molar-refractivity contribution in [1.29, 1.82) is 0 Å². The highest BCUT2D eigenvalue weighted by Gasteiger charge is 2.31. The molecule has 0 bridgehead atoms. The molecule has 0 aliphatic carbocycles. The number of rotatable bonds is 2. The molecule has 0 radical (unpaired) electrons. The van der Waals surface area contributed by atoms with E-state index in [-0.39, 0.29) is 0 Å². The number of hydrogen-bond acceptors (Lipinski definition) is 5. The summed E-state index contributed by atoms with van der Waals surface area (Å²) in [4.78, 5) is -1.80. The van der Waals surface area contributed by atoms with Gasteiger partial charge in [-0.05, 0) is 6.92 Å². The fraction of sp³-hybridized carbons (Fsp3) is 1.00. The molecule has 7 heteroatoms. The van der Waals surface area contributed by atoms with Crippen molar-refractivity contribution in [3.63, 3.8) is 0 Å². The number of nitrogens with zero attached hydrogens (tertiary/aromatic N) is 2. The van der Waals surface area contributed by atoms with Crippen molar-refractivity contribution < 1.29 is 8.42 Å². The summed E-state index contributed by atoms with van der Waals surface area (Å²) in [5.74, 6) is 0. The van der Waals surface area contributed by atoms with Gasteiger partial charge in [0.15, 0.2) is 0 Å². The topological polar surface area (TPSA) is 111 Å². The average Bonchev–Trinajstić information content (AvgIpc) is 1.61. The van der Waals surface area contributed by atoms with Gasteiger partial charge in [-0.3, -0.25) is 5.73 Å². The molecule has 0 aromatic carbocycles. The Labute approximate surface area is 59.4 Å². The Morgan fingerprint density at radius 3 is 2.00 bits per heavy atom. The zero-order chi connectivity index (χ0) is 8.41. The first-order valence-electron chi connectivity index (χ1n) is 2.43. The van der Waals surface area contributed by atoms with Crippen LogP contribution in [0.4, 0.5) is 0 Å². The van der Waals surface area contributed by atoms with Gasteiger partial charge < -0.3 is 0 Å². The number of azo groups is 1. The molecule has 4 N–H and O–H groups in total. The minimum Gasteiger partial charge on any atom is -0.292 e. The van der Waals surface area contributed by atoms with Gasteiger partial charge in [-0.25, -0.2) is 13.6 Å². The Bertz CT molecular complexity index is 229. The van der Waals surface area contributed by atoms with Crippen LogP contribution in [-0.4, -0.2) is 20.5 Å². The number of nitrogens with two attached hydrogens (primary N) is 2. The number of primary sulfonamides is 1.